The lowest BCUT2D eigenvalue weighted by atomic mass is 10.0. The van der Waals surface area contributed by atoms with Gasteiger partial charge in [0.25, 0.3) is 0 Å². The molecule has 3 aromatic rings. The van der Waals surface area contributed by atoms with Crippen molar-refractivity contribution in [2.24, 2.45) is 0 Å². The minimum atomic E-state index is -3.74. The molecule has 1 aliphatic rings. The molecule has 0 spiro atoms. The summed E-state index contributed by atoms with van der Waals surface area (Å²) in [5.74, 6) is -0.253. The number of carbonyl (C=O) groups is 1. The molecule has 1 N–H and O–H groups in total. The Bertz CT molecular complexity index is 1270. The second kappa shape index (κ2) is 9.65. The van der Waals surface area contributed by atoms with Gasteiger partial charge in [-0.2, -0.15) is 0 Å². The van der Waals surface area contributed by atoms with E-state index in [4.69, 9.17) is 11.6 Å². The standard InChI is InChI=1S/C24H27ClN4O3S/c1-16-13-21(7-10-26-16)29-11-8-20(9-12-29)27-23(30)14-17(2)33(31,32)24-6-3-18-15-19(25)4-5-22(18)28-24/h3-7,10,13,15,17,20H,8-9,11-12,14H2,1-2H3,(H,27,30). The maximum Gasteiger partial charge on any atom is 0.221 e. The minimum Gasteiger partial charge on any atom is -0.371 e. The molecule has 1 saturated heterocycles. The van der Waals surface area contributed by atoms with Crippen LogP contribution in [0.15, 0.2) is 53.7 Å². The molecule has 1 amide bonds. The lowest BCUT2D eigenvalue weighted by molar-refractivity contribution is -0.121. The van der Waals surface area contributed by atoms with Crippen LogP contribution in [0.25, 0.3) is 10.9 Å². The molecule has 0 saturated carbocycles. The van der Waals surface area contributed by atoms with Crippen molar-refractivity contribution in [2.45, 2.75) is 49.4 Å². The number of carbonyl (C=O) groups excluding carboxylic acids is 1. The molecule has 1 fully saturated rings. The minimum absolute atomic E-state index is 0.0291. The Kier molecular flexibility index (Phi) is 6.86. The summed E-state index contributed by atoms with van der Waals surface area (Å²) < 4.78 is 26.0. The number of nitrogens with one attached hydrogen (secondary N) is 1. The maximum absolute atomic E-state index is 13.0. The Morgan fingerprint density at radius 3 is 2.67 bits per heavy atom. The Hall–Kier alpha value is -2.71. The van der Waals surface area contributed by atoms with Gasteiger partial charge in [-0.3, -0.25) is 9.78 Å². The Morgan fingerprint density at radius 1 is 1.18 bits per heavy atom. The maximum atomic E-state index is 13.0. The first-order valence-corrected chi connectivity index (χ1v) is 12.9. The van der Waals surface area contributed by atoms with Crippen molar-refractivity contribution in [1.82, 2.24) is 15.3 Å². The molecule has 33 heavy (non-hydrogen) atoms. The van der Waals surface area contributed by atoms with Crippen molar-refractivity contribution in [2.75, 3.05) is 18.0 Å². The molecular weight excluding hydrogens is 460 g/mol. The van der Waals surface area contributed by atoms with Crippen molar-refractivity contribution < 1.29 is 13.2 Å². The van der Waals surface area contributed by atoms with Crippen molar-refractivity contribution in [3.8, 4) is 0 Å². The number of hydrogen-bond acceptors (Lipinski definition) is 6. The number of fused-ring (bicyclic) bond motifs is 1. The van der Waals surface area contributed by atoms with E-state index in [1.54, 1.807) is 37.4 Å². The first kappa shape index (κ1) is 23.4. The van der Waals surface area contributed by atoms with Crippen LogP contribution in [0.4, 0.5) is 5.69 Å². The largest absolute Gasteiger partial charge is 0.371 e. The van der Waals surface area contributed by atoms with Crippen LogP contribution in [0.3, 0.4) is 0 Å². The van der Waals surface area contributed by atoms with Gasteiger partial charge in [0.1, 0.15) is 0 Å². The monoisotopic (exact) mass is 486 g/mol. The van der Waals surface area contributed by atoms with Crippen LogP contribution in [0, 0.1) is 6.92 Å². The van der Waals surface area contributed by atoms with Gasteiger partial charge in [0.2, 0.25) is 5.91 Å². The number of hydrogen-bond donors (Lipinski definition) is 1. The topological polar surface area (TPSA) is 92.3 Å². The van der Waals surface area contributed by atoms with Gasteiger partial charge < -0.3 is 10.2 Å². The SMILES string of the molecule is Cc1cc(N2CCC(NC(=O)CC(C)S(=O)(=O)c3ccc4cc(Cl)ccc4n3)CC2)ccn1. The van der Waals surface area contributed by atoms with Gasteiger partial charge in [0, 0.05) is 53.5 Å². The quantitative estimate of drug-likeness (QED) is 0.567. The van der Waals surface area contributed by atoms with E-state index in [0.717, 1.165) is 42.7 Å². The molecule has 7 nitrogen and oxygen atoms in total. The molecule has 0 aliphatic carbocycles. The van der Waals surface area contributed by atoms with Crippen LogP contribution in [-0.2, 0) is 14.6 Å². The first-order chi connectivity index (χ1) is 15.7. The summed E-state index contributed by atoms with van der Waals surface area (Å²) in [6, 6.07) is 12.3. The summed E-state index contributed by atoms with van der Waals surface area (Å²) in [5.41, 5.74) is 2.66. The van der Waals surface area contributed by atoms with Crippen molar-refractivity contribution in [1.29, 1.82) is 0 Å². The van der Waals surface area contributed by atoms with Gasteiger partial charge in [0.05, 0.1) is 10.8 Å². The number of aromatic nitrogens is 2. The highest BCUT2D eigenvalue weighted by atomic mass is 35.5. The van der Waals surface area contributed by atoms with Crippen LogP contribution in [0.2, 0.25) is 5.02 Å². The number of pyridine rings is 2. The molecule has 0 bridgehead atoms. The molecule has 1 aliphatic heterocycles. The molecule has 1 aromatic carbocycles. The van der Waals surface area contributed by atoms with Gasteiger partial charge in [0.15, 0.2) is 14.9 Å². The number of aryl methyl sites for hydroxylation is 1. The average Bonchev–Trinajstić information content (AvgIpc) is 2.79. The number of benzene rings is 1. The number of piperidine rings is 1. The number of nitrogens with zero attached hydrogens (tertiary/aromatic N) is 3. The Morgan fingerprint density at radius 2 is 1.94 bits per heavy atom. The molecule has 9 heteroatoms. The van der Waals surface area contributed by atoms with Crippen molar-refractivity contribution in [3.05, 3.63) is 59.4 Å². The van der Waals surface area contributed by atoms with Crippen LogP contribution in [0.5, 0.6) is 0 Å². The van der Waals surface area contributed by atoms with Crippen molar-refractivity contribution >= 4 is 43.9 Å². The summed E-state index contributed by atoms with van der Waals surface area (Å²) in [4.78, 5) is 23.4. The normalized spacial score (nSPS) is 16.0. The van der Waals surface area contributed by atoms with E-state index < -0.39 is 15.1 Å². The molecular formula is C24H27ClN4O3S. The average molecular weight is 487 g/mol. The Balaban J connectivity index is 1.34. The third-order valence-electron chi connectivity index (χ3n) is 6.03. The van der Waals surface area contributed by atoms with Crippen LogP contribution in [0.1, 0.15) is 31.9 Å². The summed E-state index contributed by atoms with van der Waals surface area (Å²) in [6.07, 6.45) is 3.32. The van der Waals surface area contributed by atoms with Crippen LogP contribution in [-0.4, -0.2) is 48.7 Å². The van der Waals surface area contributed by atoms with Gasteiger partial charge in [-0.15, -0.1) is 0 Å². The Labute approximate surface area is 199 Å². The van der Waals surface area contributed by atoms with Crippen LogP contribution < -0.4 is 10.2 Å². The fourth-order valence-corrected chi connectivity index (χ4v) is 5.56. The highest BCUT2D eigenvalue weighted by molar-refractivity contribution is 7.92. The van der Waals surface area contributed by atoms with E-state index in [0.29, 0.717) is 10.5 Å². The summed E-state index contributed by atoms with van der Waals surface area (Å²) >= 11 is 5.99. The van der Waals surface area contributed by atoms with Crippen LogP contribution >= 0.6 is 11.6 Å². The van der Waals surface area contributed by atoms with E-state index in [-0.39, 0.29) is 23.4 Å². The second-order valence-corrected chi connectivity index (χ2v) is 11.3. The summed E-state index contributed by atoms with van der Waals surface area (Å²) in [5, 5.41) is 3.43. The fraction of sp³-hybridized carbons (Fsp3) is 0.375. The lowest BCUT2D eigenvalue weighted by Crippen LogP contribution is -2.45. The number of sulfone groups is 1. The zero-order valence-electron chi connectivity index (χ0n) is 18.7. The zero-order valence-corrected chi connectivity index (χ0v) is 20.2. The third-order valence-corrected chi connectivity index (χ3v) is 8.30. The van der Waals surface area contributed by atoms with E-state index in [9.17, 15) is 13.2 Å². The van der Waals surface area contributed by atoms with Crippen molar-refractivity contribution in [3.63, 3.8) is 0 Å². The zero-order chi connectivity index (χ0) is 23.6. The van der Waals surface area contributed by atoms with E-state index >= 15 is 0 Å². The molecule has 4 rings (SSSR count). The third kappa shape index (κ3) is 5.45. The predicted octanol–water partition coefficient (Wildman–Crippen LogP) is 3.93. The highest BCUT2D eigenvalue weighted by Crippen LogP contribution is 2.23. The number of rotatable bonds is 6. The number of halogens is 1. The summed E-state index contributed by atoms with van der Waals surface area (Å²) in [6.45, 7) is 5.17. The summed E-state index contributed by atoms with van der Waals surface area (Å²) in [7, 11) is -3.74. The molecule has 3 heterocycles. The molecule has 174 valence electrons. The molecule has 1 unspecified atom stereocenters. The van der Waals surface area contributed by atoms with Gasteiger partial charge in [-0.1, -0.05) is 11.6 Å². The molecule has 0 radical (unpaired) electrons. The van der Waals surface area contributed by atoms with Gasteiger partial charge in [-0.05, 0) is 69.2 Å². The first-order valence-electron chi connectivity index (χ1n) is 11.0. The number of anilines is 1. The fourth-order valence-electron chi connectivity index (χ4n) is 4.11. The predicted molar refractivity (Wildman–Crippen MR) is 130 cm³/mol. The van der Waals surface area contributed by atoms with Gasteiger partial charge in [-0.25, -0.2) is 13.4 Å². The smallest absolute Gasteiger partial charge is 0.221 e. The lowest BCUT2D eigenvalue weighted by Gasteiger charge is -2.34. The van der Waals surface area contributed by atoms with E-state index in [1.165, 1.54) is 6.07 Å². The van der Waals surface area contributed by atoms with E-state index in [1.807, 2.05) is 13.0 Å². The number of amides is 1. The highest BCUT2D eigenvalue weighted by Gasteiger charge is 2.29. The molecule has 1 atom stereocenters. The second-order valence-electron chi connectivity index (χ2n) is 8.53. The molecule has 2 aromatic heterocycles. The van der Waals surface area contributed by atoms with E-state index in [2.05, 4.69) is 26.3 Å². The van der Waals surface area contributed by atoms with Gasteiger partial charge >= 0.3 is 0 Å².